The van der Waals surface area contributed by atoms with Gasteiger partial charge in [-0.05, 0) is 18.5 Å². The van der Waals surface area contributed by atoms with Crippen molar-refractivity contribution >= 4 is 11.3 Å². The van der Waals surface area contributed by atoms with Gasteiger partial charge in [-0.15, -0.1) is 11.3 Å². The summed E-state index contributed by atoms with van der Waals surface area (Å²) in [6, 6.07) is 5.27. The van der Waals surface area contributed by atoms with Gasteiger partial charge in [-0.1, -0.05) is 19.9 Å². The van der Waals surface area contributed by atoms with Gasteiger partial charge in [0.15, 0.2) is 0 Å². The van der Waals surface area contributed by atoms with E-state index in [1.807, 2.05) is 7.05 Å². The third-order valence-electron chi connectivity index (χ3n) is 1.97. The van der Waals surface area contributed by atoms with Crippen molar-refractivity contribution in [2.24, 2.45) is 0 Å². The van der Waals surface area contributed by atoms with E-state index in [2.05, 4.69) is 42.0 Å². The fraction of sp³-hybridized carbons (Fsp3) is 0.600. The molecule has 0 saturated carbocycles. The van der Waals surface area contributed by atoms with Gasteiger partial charge in [0.2, 0.25) is 0 Å². The molecular weight excluding hydrogens is 180 g/mol. The number of nitrogens with one attached hydrogen (secondary N) is 2. The molecule has 0 radical (unpaired) electrons. The number of hydrogen-bond acceptors (Lipinski definition) is 3. The highest BCUT2D eigenvalue weighted by Gasteiger charge is 2.09. The molecule has 13 heavy (non-hydrogen) atoms. The zero-order chi connectivity index (χ0) is 9.68. The van der Waals surface area contributed by atoms with Crippen LogP contribution in [-0.2, 0) is 0 Å². The van der Waals surface area contributed by atoms with E-state index in [4.69, 9.17) is 0 Å². The molecule has 1 aromatic rings. The second-order valence-corrected chi connectivity index (χ2v) is 4.40. The molecule has 0 aromatic carbocycles. The minimum atomic E-state index is 0.447. The Morgan fingerprint density at radius 2 is 2.23 bits per heavy atom. The number of thiophene rings is 1. The van der Waals surface area contributed by atoms with Crippen molar-refractivity contribution in [1.82, 2.24) is 10.6 Å². The lowest BCUT2D eigenvalue weighted by Gasteiger charge is -2.17. The van der Waals surface area contributed by atoms with E-state index in [-0.39, 0.29) is 0 Å². The van der Waals surface area contributed by atoms with Gasteiger partial charge in [0.05, 0.1) is 6.04 Å². The lowest BCUT2D eigenvalue weighted by atomic mass is 10.2. The van der Waals surface area contributed by atoms with Gasteiger partial charge < -0.3 is 10.6 Å². The van der Waals surface area contributed by atoms with Gasteiger partial charge in [-0.3, -0.25) is 0 Å². The Kier molecular flexibility index (Phi) is 4.42. The Bertz CT molecular complexity index is 219. The van der Waals surface area contributed by atoms with Crippen LogP contribution in [0.2, 0.25) is 0 Å². The molecule has 2 N–H and O–H groups in total. The smallest absolute Gasteiger partial charge is 0.0539 e. The molecule has 1 atom stereocenters. The molecule has 74 valence electrons. The van der Waals surface area contributed by atoms with Gasteiger partial charge in [0, 0.05) is 17.5 Å². The first-order valence-corrected chi connectivity index (χ1v) is 5.56. The van der Waals surface area contributed by atoms with Crippen LogP contribution in [0.3, 0.4) is 0 Å². The summed E-state index contributed by atoms with van der Waals surface area (Å²) in [5.41, 5.74) is 0. The molecule has 1 unspecified atom stereocenters. The van der Waals surface area contributed by atoms with Crippen molar-refractivity contribution in [2.45, 2.75) is 25.9 Å². The zero-order valence-corrected chi connectivity index (χ0v) is 9.32. The summed E-state index contributed by atoms with van der Waals surface area (Å²) >= 11 is 1.80. The van der Waals surface area contributed by atoms with Crippen LogP contribution < -0.4 is 10.6 Å². The Hall–Kier alpha value is -0.380. The lowest BCUT2D eigenvalue weighted by molar-refractivity contribution is 0.496. The molecule has 1 heterocycles. The summed E-state index contributed by atoms with van der Waals surface area (Å²) < 4.78 is 0. The van der Waals surface area contributed by atoms with Gasteiger partial charge in [-0.25, -0.2) is 0 Å². The largest absolute Gasteiger partial charge is 0.313 e. The summed E-state index contributed by atoms with van der Waals surface area (Å²) in [6.45, 7) is 5.33. The van der Waals surface area contributed by atoms with Crippen LogP contribution in [0.1, 0.15) is 24.8 Å². The molecule has 0 bridgehead atoms. The molecule has 2 nitrogen and oxygen atoms in total. The van der Waals surface area contributed by atoms with Crippen molar-refractivity contribution < 1.29 is 0 Å². The first kappa shape index (κ1) is 10.7. The van der Waals surface area contributed by atoms with E-state index in [1.165, 1.54) is 4.88 Å². The van der Waals surface area contributed by atoms with Gasteiger partial charge in [0.1, 0.15) is 0 Å². The monoisotopic (exact) mass is 198 g/mol. The SMILES string of the molecule is CNC(CNC(C)C)c1cccs1. The number of hydrogen-bond donors (Lipinski definition) is 2. The molecule has 1 aromatic heterocycles. The van der Waals surface area contributed by atoms with E-state index < -0.39 is 0 Å². The predicted octanol–water partition coefficient (Wildman–Crippen LogP) is 2.01. The first-order chi connectivity index (χ1) is 6.24. The third kappa shape index (κ3) is 3.46. The standard InChI is InChI=1S/C10H18N2S/c1-8(2)12-7-9(11-3)10-5-4-6-13-10/h4-6,8-9,11-12H,7H2,1-3H3. The van der Waals surface area contributed by atoms with Crippen LogP contribution in [0.25, 0.3) is 0 Å². The molecule has 0 aliphatic rings. The topological polar surface area (TPSA) is 24.1 Å². The van der Waals surface area contributed by atoms with Gasteiger partial charge in [-0.2, -0.15) is 0 Å². The van der Waals surface area contributed by atoms with Crippen molar-refractivity contribution in [3.63, 3.8) is 0 Å². The molecule has 0 aliphatic carbocycles. The zero-order valence-electron chi connectivity index (χ0n) is 8.50. The maximum absolute atomic E-state index is 3.43. The molecular formula is C10H18N2S. The van der Waals surface area contributed by atoms with Crippen LogP contribution in [0.15, 0.2) is 17.5 Å². The maximum atomic E-state index is 3.43. The summed E-state index contributed by atoms with van der Waals surface area (Å²) in [6.07, 6.45) is 0. The molecule has 0 saturated heterocycles. The average molecular weight is 198 g/mol. The fourth-order valence-electron chi connectivity index (χ4n) is 1.19. The van der Waals surface area contributed by atoms with Crippen LogP contribution in [0.4, 0.5) is 0 Å². The van der Waals surface area contributed by atoms with Crippen LogP contribution >= 0.6 is 11.3 Å². The highest BCUT2D eigenvalue weighted by Crippen LogP contribution is 2.17. The molecule has 1 rings (SSSR count). The van der Waals surface area contributed by atoms with Gasteiger partial charge in [0.25, 0.3) is 0 Å². The summed E-state index contributed by atoms with van der Waals surface area (Å²) in [7, 11) is 2.01. The summed E-state index contributed by atoms with van der Waals surface area (Å²) in [4.78, 5) is 1.40. The van der Waals surface area contributed by atoms with E-state index in [0.29, 0.717) is 12.1 Å². The predicted molar refractivity (Wildman–Crippen MR) is 59.3 cm³/mol. The highest BCUT2D eigenvalue weighted by atomic mass is 32.1. The Balaban J connectivity index is 2.44. The second-order valence-electron chi connectivity index (χ2n) is 3.42. The van der Waals surface area contributed by atoms with Crippen molar-refractivity contribution in [1.29, 1.82) is 0 Å². The van der Waals surface area contributed by atoms with Crippen LogP contribution in [0, 0.1) is 0 Å². The average Bonchev–Trinajstić information content (AvgIpc) is 2.58. The number of likely N-dealkylation sites (N-methyl/N-ethyl adjacent to an activating group) is 1. The highest BCUT2D eigenvalue weighted by molar-refractivity contribution is 7.10. The van der Waals surface area contributed by atoms with Crippen molar-refractivity contribution in [2.75, 3.05) is 13.6 Å². The third-order valence-corrected chi connectivity index (χ3v) is 2.95. The van der Waals surface area contributed by atoms with Crippen molar-refractivity contribution in [3.05, 3.63) is 22.4 Å². The second kappa shape index (κ2) is 5.37. The van der Waals surface area contributed by atoms with Crippen LogP contribution in [0.5, 0.6) is 0 Å². The fourth-order valence-corrected chi connectivity index (χ4v) is 2.02. The minimum Gasteiger partial charge on any atom is -0.313 e. The molecule has 0 aliphatic heterocycles. The normalized spacial score (nSPS) is 13.5. The van der Waals surface area contributed by atoms with E-state index in [0.717, 1.165) is 6.54 Å². The van der Waals surface area contributed by atoms with Crippen LogP contribution in [-0.4, -0.2) is 19.6 Å². The molecule has 0 spiro atoms. The quantitative estimate of drug-likeness (QED) is 0.756. The van der Waals surface area contributed by atoms with E-state index >= 15 is 0 Å². The van der Waals surface area contributed by atoms with Gasteiger partial charge >= 0.3 is 0 Å². The number of rotatable bonds is 5. The lowest BCUT2D eigenvalue weighted by Crippen LogP contribution is -2.32. The Morgan fingerprint density at radius 3 is 2.69 bits per heavy atom. The maximum Gasteiger partial charge on any atom is 0.0539 e. The molecule has 0 amide bonds. The van der Waals surface area contributed by atoms with Crippen molar-refractivity contribution in [3.8, 4) is 0 Å². The Morgan fingerprint density at radius 1 is 1.46 bits per heavy atom. The van der Waals surface area contributed by atoms with E-state index in [9.17, 15) is 0 Å². The molecule has 3 heteroatoms. The van der Waals surface area contributed by atoms with E-state index in [1.54, 1.807) is 11.3 Å². The summed E-state index contributed by atoms with van der Waals surface area (Å²) in [5.74, 6) is 0. The summed E-state index contributed by atoms with van der Waals surface area (Å²) in [5, 5.41) is 8.86. The Labute approximate surface area is 84.4 Å². The minimum absolute atomic E-state index is 0.447. The molecule has 0 fully saturated rings. The first-order valence-electron chi connectivity index (χ1n) is 4.68.